The van der Waals surface area contributed by atoms with Crippen molar-refractivity contribution in [3.63, 3.8) is 0 Å². The Bertz CT molecular complexity index is 298. The van der Waals surface area contributed by atoms with E-state index in [0.717, 1.165) is 25.8 Å². The fraction of sp³-hybridized carbons (Fsp3) is 0.923. The van der Waals surface area contributed by atoms with Crippen LogP contribution in [0.25, 0.3) is 0 Å². The number of piperidine rings is 1. The highest BCUT2D eigenvalue weighted by Crippen LogP contribution is 2.36. The minimum Gasteiger partial charge on any atom is -0.444 e. The van der Waals surface area contributed by atoms with Gasteiger partial charge in [0.05, 0.1) is 0 Å². The number of nitrogens with zero attached hydrogens (tertiary/aromatic N) is 1. The van der Waals surface area contributed by atoms with Crippen LogP contribution in [-0.2, 0) is 4.74 Å². The molecule has 1 aliphatic carbocycles. The van der Waals surface area contributed by atoms with Crippen molar-refractivity contribution in [1.82, 2.24) is 4.90 Å². The van der Waals surface area contributed by atoms with Crippen molar-refractivity contribution in [3.05, 3.63) is 0 Å². The number of ether oxygens (including phenoxy) is 1. The highest BCUT2D eigenvalue weighted by atomic mass is 16.6. The first-order chi connectivity index (χ1) is 7.88. The minimum atomic E-state index is -0.412. The quantitative estimate of drug-likeness (QED) is 0.705. The molecule has 0 aromatic carbocycles. The molecule has 2 N–H and O–H groups in total. The van der Waals surface area contributed by atoms with Crippen LogP contribution in [-0.4, -0.2) is 35.2 Å². The molecule has 0 aromatic heterocycles. The number of hydrogen-bond acceptors (Lipinski definition) is 3. The van der Waals surface area contributed by atoms with Crippen LogP contribution in [0, 0.1) is 5.92 Å². The predicted molar refractivity (Wildman–Crippen MR) is 66.7 cm³/mol. The molecule has 0 aromatic rings. The minimum absolute atomic E-state index is 0.165. The number of amides is 1. The lowest BCUT2D eigenvalue weighted by molar-refractivity contribution is 0.00178. The van der Waals surface area contributed by atoms with Gasteiger partial charge in [-0.1, -0.05) is 6.42 Å². The van der Waals surface area contributed by atoms with Gasteiger partial charge in [0, 0.05) is 18.6 Å². The lowest BCUT2D eigenvalue weighted by atomic mass is 9.88. The van der Waals surface area contributed by atoms with Crippen molar-refractivity contribution in [2.75, 3.05) is 6.54 Å². The van der Waals surface area contributed by atoms with Crippen LogP contribution in [0.3, 0.4) is 0 Å². The first-order valence-corrected chi connectivity index (χ1v) is 6.64. The molecule has 98 valence electrons. The molecule has 0 radical (unpaired) electrons. The molecule has 2 fully saturated rings. The van der Waals surface area contributed by atoms with Crippen LogP contribution < -0.4 is 5.73 Å². The standard InChI is InChI=1S/C13H24N2O2/c1-13(2,3)17-12(16)15-8-7-10(14)9-5-4-6-11(9)15/h9-11H,4-8,14H2,1-3H3. The van der Waals surface area contributed by atoms with E-state index >= 15 is 0 Å². The molecule has 3 unspecified atom stereocenters. The molecule has 4 nitrogen and oxygen atoms in total. The van der Waals surface area contributed by atoms with Crippen LogP contribution in [0.5, 0.6) is 0 Å². The zero-order valence-corrected chi connectivity index (χ0v) is 11.1. The zero-order valence-electron chi connectivity index (χ0n) is 11.1. The molecule has 17 heavy (non-hydrogen) atoms. The third-order valence-corrected chi connectivity index (χ3v) is 3.81. The van der Waals surface area contributed by atoms with Gasteiger partial charge in [-0.25, -0.2) is 4.79 Å². The Hall–Kier alpha value is -0.770. The van der Waals surface area contributed by atoms with Gasteiger partial charge in [0.1, 0.15) is 5.60 Å². The number of carbonyl (C=O) groups is 1. The molecule has 2 aliphatic rings. The SMILES string of the molecule is CC(C)(C)OC(=O)N1CCC(N)C2CCCC21. The molecule has 4 heteroatoms. The van der Waals surface area contributed by atoms with E-state index in [1.165, 1.54) is 6.42 Å². The van der Waals surface area contributed by atoms with Crippen LogP contribution >= 0.6 is 0 Å². The lowest BCUT2D eigenvalue weighted by Crippen LogP contribution is -2.54. The Labute approximate surface area is 103 Å². The maximum absolute atomic E-state index is 12.1. The van der Waals surface area contributed by atoms with Gasteiger partial charge in [0.15, 0.2) is 0 Å². The summed E-state index contributed by atoms with van der Waals surface area (Å²) < 4.78 is 5.47. The van der Waals surface area contributed by atoms with Gasteiger partial charge in [0.2, 0.25) is 0 Å². The molecule has 0 spiro atoms. The molecule has 1 aliphatic heterocycles. The van der Waals surface area contributed by atoms with Gasteiger partial charge < -0.3 is 15.4 Å². The van der Waals surface area contributed by atoms with Crippen molar-refractivity contribution in [3.8, 4) is 0 Å². The van der Waals surface area contributed by atoms with Gasteiger partial charge in [-0.3, -0.25) is 0 Å². The van der Waals surface area contributed by atoms with Crippen molar-refractivity contribution in [1.29, 1.82) is 0 Å². The number of fused-ring (bicyclic) bond motifs is 1. The summed E-state index contributed by atoms with van der Waals surface area (Å²) in [5, 5.41) is 0. The van der Waals surface area contributed by atoms with Crippen LogP contribution in [0.4, 0.5) is 4.79 Å². The van der Waals surface area contributed by atoms with E-state index in [4.69, 9.17) is 10.5 Å². The summed E-state index contributed by atoms with van der Waals surface area (Å²) >= 11 is 0. The molecule has 1 saturated carbocycles. The summed E-state index contributed by atoms with van der Waals surface area (Å²) in [4.78, 5) is 14.0. The summed E-state index contributed by atoms with van der Waals surface area (Å²) in [5.41, 5.74) is 5.72. The third kappa shape index (κ3) is 2.73. The maximum Gasteiger partial charge on any atom is 0.410 e. The average molecular weight is 240 g/mol. The van der Waals surface area contributed by atoms with E-state index in [0.29, 0.717) is 12.0 Å². The second-order valence-electron chi connectivity index (χ2n) is 6.29. The Morgan fingerprint density at radius 2 is 2.00 bits per heavy atom. The van der Waals surface area contributed by atoms with Crippen LogP contribution in [0.15, 0.2) is 0 Å². The highest BCUT2D eigenvalue weighted by molar-refractivity contribution is 5.68. The van der Waals surface area contributed by atoms with Crippen molar-refractivity contribution < 1.29 is 9.53 Å². The number of rotatable bonds is 0. The van der Waals surface area contributed by atoms with E-state index < -0.39 is 5.60 Å². The number of hydrogen-bond donors (Lipinski definition) is 1. The van der Waals surface area contributed by atoms with Crippen molar-refractivity contribution >= 4 is 6.09 Å². The number of nitrogens with two attached hydrogens (primary N) is 1. The topological polar surface area (TPSA) is 55.6 Å². The van der Waals surface area contributed by atoms with Gasteiger partial charge in [-0.05, 0) is 46.0 Å². The summed E-state index contributed by atoms with van der Waals surface area (Å²) in [7, 11) is 0. The molecule has 3 atom stereocenters. The molecule has 2 rings (SSSR count). The largest absolute Gasteiger partial charge is 0.444 e. The Kier molecular flexibility index (Phi) is 3.34. The normalized spacial score (nSPS) is 33.4. The van der Waals surface area contributed by atoms with Crippen LogP contribution in [0.1, 0.15) is 46.5 Å². The Balaban J connectivity index is 2.03. The second kappa shape index (κ2) is 4.48. The molecule has 1 saturated heterocycles. The Morgan fingerprint density at radius 1 is 1.29 bits per heavy atom. The summed E-state index contributed by atoms with van der Waals surface area (Å²) in [5.74, 6) is 0.483. The molecule has 0 bridgehead atoms. The fourth-order valence-electron chi connectivity index (χ4n) is 3.07. The Morgan fingerprint density at radius 3 is 2.65 bits per heavy atom. The first kappa shape index (κ1) is 12.7. The van der Waals surface area contributed by atoms with Crippen molar-refractivity contribution in [2.45, 2.75) is 64.1 Å². The predicted octanol–water partition coefficient (Wildman–Crippen LogP) is 2.12. The zero-order chi connectivity index (χ0) is 12.6. The van der Waals surface area contributed by atoms with E-state index in [1.807, 2.05) is 25.7 Å². The van der Waals surface area contributed by atoms with Gasteiger partial charge in [-0.2, -0.15) is 0 Å². The van der Waals surface area contributed by atoms with Gasteiger partial charge in [0.25, 0.3) is 0 Å². The second-order valence-corrected chi connectivity index (χ2v) is 6.29. The molecule has 1 heterocycles. The highest BCUT2D eigenvalue weighted by Gasteiger charge is 2.42. The lowest BCUT2D eigenvalue weighted by Gasteiger charge is -2.41. The van der Waals surface area contributed by atoms with Gasteiger partial charge >= 0.3 is 6.09 Å². The first-order valence-electron chi connectivity index (χ1n) is 6.64. The maximum atomic E-state index is 12.1. The summed E-state index contributed by atoms with van der Waals surface area (Å²) in [6.07, 6.45) is 4.16. The fourth-order valence-corrected chi connectivity index (χ4v) is 3.07. The smallest absolute Gasteiger partial charge is 0.410 e. The number of carbonyl (C=O) groups excluding carboxylic acids is 1. The summed E-state index contributed by atoms with van der Waals surface area (Å²) in [6.45, 7) is 6.48. The molecular weight excluding hydrogens is 216 g/mol. The number of likely N-dealkylation sites (tertiary alicyclic amines) is 1. The van der Waals surface area contributed by atoms with E-state index in [1.54, 1.807) is 0 Å². The average Bonchev–Trinajstić information content (AvgIpc) is 2.64. The molecule has 1 amide bonds. The van der Waals surface area contributed by atoms with Gasteiger partial charge in [-0.15, -0.1) is 0 Å². The van der Waals surface area contributed by atoms with E-state index in [-0.39, 0.29) is 12.1 Å². The summed E-state index contributed by atoms with van der Waals surface area (Å²) in [6, 6.07) is 0.579. The molecular formula is C13H24N2O2. The monoisotopic (exact) mass is 240 g/mol. The van der Waals surface area contributed by atoms with E-state index in [2.05, 4.69) is 0 Å². The van der Waals surface area contributed by atoms with E-state index in [9.17, 15) is 4.79 Å². The van der Waals surface area contributed by atoms with Crippen molar-refractivity contribution in [2.24, 2.45) is 11.7 Å². The third-order valence-electron chi connectivity index (χ3n) is 3.81. The van der Waals surface area contributed by atoms with Crippen LogP contribution in [0.2, 0.25) is 0 Å².